The number of carbonyl (C=O) groups excluding carboxylic acids is 2. The summed E-state index contributed by atoms with van der Waals surface area (Å²) in [6.07, 6.45) is 1.35. The number of thioether (sulfide) groups is 1. The fraction of sp³-hybridized carbons (Fsp3) is 0.467. The Bertz CT molecular complexity index is 502. The van der Waals surface area contributed by atoms with E-state index in [1.807, 2.05) is 6.92 Å². The number of rotatable bonds is 6. The molecule has 4 nitrogen and oxygen atoms in total. The minimum Gasteiger partial charge on any atom is -0.382 e. The monoisotopic (exact) mass is 293 g/mol. The van der Waals surface area contributed by atoms with Crippen molar-refractivity contribution in [3.63, 3.8) is 0 Å². The average Bonchev–Trinajstić information content (AvgIpc) is 2.47. The Balaban J connectivity index is 2.00. The Labute approximate surface area is 123 Å². The maximum Gasteiger partial charge on any atom is 0.252 e. The molecule has 1 aliphatic rings. The van der Waals surface area contributed by atoms with Gasteiger partial charge in [0.2, 0.25) is 0 Å². The topological polar surface area (TPSA) is 55.4 Å². The molecule has 1 heterocycles. The number of amides is 1. The van der Waals surface area contributed by atoms with E-state index in [1.54, 1.807) is 30.0 Å². The molecule has 0 aliphatic carbocycles. The molecule has 0 bridgehead atoms. The van der Waals surface area contributed by atoms with Crippen LogP contribution in [0, 0.1) is 0 Å². The zero-order valence-electron chi connectivity index (χ0n) is 11.6. The van der Waals surface area contributed by atoms with Crippen LogP contribution in [-0.2, 0) is 4.74 Å². The van der Waals surface area contributed by atoms with Gasteiger partial charge in [-0.1, -0.05) is 12.1 Å². The zero-order valence-corrected chi connectivity index (χ0v) is 12.4. The quantitative estimate of drug-likeness (QED) is 0.819. The lowest BCUT2D eigenvalue weighted by atomic mass is 10.0. The van der Waals surface area contributed by atoms with Crippen LogP contribution in [0.5, 0.6) is 0 Å². The number of hydrogen-bond donors (Lipinski definition) is 1. The third-order valence-corrected chi connectivity index (χ3v) is 4.23. The molecular formula is C15H19NO3S. The van der Waals surface area contributed by atoms with E-state index < -0.39 is 0 Å². The molecule has 1 aromatic carbocycles. The van der Waals surface area contributed by atoms with Crippen molar-refractivity contribution in [3.8, 4) is 0 Å². The number of Topliss-reactive ketones (excluding diaryl/α,β-unsaturated/α-hetero) is 1. The average molecular weight is 293 g/mol. The second kappa shape index (κ2) is 7.45. The number of ether oxygens (including phenoxy) is 1. The first-order valence-electron chi connectivity index (χ1n) is 6.89. The minimum atomic E-state index is -0.111. The number of nitrogens with one attached hydrogen (secondary N) is 1. The molecule has 1 aromatic rings. The summed E-state index contributed by atoms with van der Waals surface area (Å²) in [5, 5.41) is 2.88. The van der Waals surface area contributed by atoms with E-state index in [0.29, 0.717) is 37.3 Å². The molecule has 0 spiro atoms. The molecule has 0 aromatic heterocycles. The van der Waals surface area contributed by atoms with Crippen molar-refractivity contribution < 1.29 is 14.3 Å². The van der Waals surface area contributed by atoms with Gasteiger partial charge in [0.25, 0.3) is 5.91 Å². The van der Waals surface area contributed by atoms with E-state index in [2.05, 4.69) is 5.32 Å². The molecule has 0 unspecified atom stereocenters. The molecule has 0 atom stereocenters. The molecule has 0 radical (unpaired) electrons. The summed E-state index contributed by atoms with van der Waals surface area (Å²) in [6, 6.07) is 5.36. The number of benzene rings is 1. The third kappa shape index (κ3) is 3.61. The first kappa shape index (κ1) is 15.1. The minimum absolute atomic E-state index is 0.111. The molecule has 2 rings (SSSR count). The number of ketones is 1. The number of carbonyl (C=O) groups is 2. The molecule has 1 N–H and O–H groups in total. The predicted molar refractivity (Wildman–Crippen MR) is 79.6 cm³/mol. The van der Waals surface area contributed by atoms with Crippen molar-refractivity contribution in [2.45, 2.75) is 24.7 Å². The van der Waals surface area contributed by atoms with E-state index >= 15 is 0 Å². The highest BCUT2D eigenvalue weighted by molar-refractivity contribution is 7.99. The molecule has 0 saturated carbocycles. The fourth-order valence-corrected chi connectivity index (χ4v) is 3.23. The van der Waals surface area contributed by atoms with E-state index in [-0.39, 0.29) is 11.7 Å². The van der Waals surface area contributed by atoms with Crippen molar-refractivity contribution in [2.24, 2.45) is 0 Å². The summed E-state index contributed by atoms with van der Waals surface area (Å²) in [5.74, 6) is 0.769. The molecule has 108 valence electrons. The van der Waals surface area contributed by atoms with E-state index in [4.69, 9.17) is 4.74 Å². The van der Waals surface area contributed by atoms with E-state index in [0.717, 1.165) is 17.1 Å². The van der Waals surface area contributed by atoms with Crippen molar-refractivity contribution >= 4 is 23.5 Å². The third-order valence-electron chi connectivity index (χ3n) is 3.09. The van der Waals surface area contributed by atoms with Crippen molar-refractivity contribution in [2.75, 3.05) is 25.5 Å². The molecule has 1 amide bonds. The van der Waals surface area contributed by atoms with Gasteiger partial charge in [-0.3, -0.25) is 9.59 Å². The summed E-state index contributed by atoms with van der Waals surface area (Å²) in [6.45, 7) is 3.87. The SMILES string of the molecule is CCOCCCNC(=O)c1cccc2c1SCCC2=O. The van der Waals surface area contributed by atoms with Gasteiger partial charge in [-0.2, -0.15) is 0 Å². The van der Waals surface area contributed by atoms with Gasteiger partial charge in [0.05, 0.1) is 5.56 Å². The Morgan fingerprint density at radius 3 is 3.10 bits per heavy atom. The second-order valence-corrected chi connectivity index (χ2v) is 5.62. The van der Waals surface area contributed by atoms with Crippen LogP contribution in [0.25, 0.3) is 0 Å². The summed E-state index contributed by atoms with van der Waals surface area (Å²) in [5.41, 5.74) is 1.29. The summed E-state index contributed by atoms with van der Waals surface area (Å²) >= 11 is 1.59. The van der Waals surface area contributed by atoms with Gasteiger partial charge in [0.15, 0.2) is 5.78 Å². The molecule has 20 heavy (non-hydrogen) atoms. The van der Waals surface area contributed by atoms with Crippen molar-refractivity contribution in [1.29, 1.82) is 0 Å². The Morgan fingerprint density at radius 1 is 1.45 bits per heavy atom. The van der Waals surface area contributed by atoms with Gasteiger partial charge in [0.1, 0.15) is 0 Å². The standard InChI is InChI=1S/C15H19NO3S/c1-2-19-9-4-8-16-15(18)12-6-3-5-11-13(17)7-10-20-14(11)12/h3,5-6H,2,4,7-10H2,1H3,(H,16,18). The summed E-state index contributed by atoms with van der Waals surface area (Å²) in [7, 11) is 0. The molecular weight excluding hydrogens is 274 g/mol. The Morgan fingerprint density at radius 2 is 2.30 bits per heavy atom. The first-order chi connectivity index (χ1) is 9.74. The smallest absolute Gasteiger partial charge is 0.252 e. The normalized spacial score (nSPS) is 13.9. The van der Waals surface area contributed by atoms with Crippen LogP contribution in [0.1, 0.15) is 40.5 Å². The highest BCUT2D eigenvalue weighted by Crippen LogP contribution is 2.32. The van der Waals surface area contributed by atoms with Crippen LogP contribution < -0.4 is 5.32 Å². The van der Waals surface area contributed by atoms with Crippen LogP contribution >= 0.6 is 11.8 Å². The molecule has 1 aliphatic heterocycles. The zero-order chi connectivity index (χ0) is 14.4. The molecule has 0 saturated heterocycles. The van der Waals surface area contributed by atoms with E-state index in [9.17, 15) is 9.59 Å². The van der Waals surface area contributed by atoms with Gasteiger partial charge in [-0.05, 0) is 19.4 Å². The lowest BCUT2D eigenvalue weighted by molar-refractivity contribution is 0.0941. The fourth-order valence-electron chi connectivity index (χ4n) is 2.09. The second-order valence-electron chi connectivity index (χ2n) is 4.51. The van der Waals surface area contributed by atoms with Gasteiger partial charge in [0, 0.05) is 42.4 Å². The van der Waals surface area contributed by atoms with Crippen LogP contribution in [0.2, 0.25) is 0 Å². The predicted octanol–water partition coefficient (Wildman–Crippen LogP) is 2.52. The van der Waals surface area contributed by atoms with Crippen molar-refractivity contribution in [1.82, 2.24) is 5.32 Å². The number of hydrogen-bond acceptors (Lipinski definition) is 4. The molecule has 0 fully saturated rings. The first-order valence-corrected chi connectivity index (χ1v) is 7.87. The van der Waals surface area contributed by atoms with Gasteiger partial charge in [-0.25, -0.2) is 0 Å². The number of fused-ring (bicyclic) bond motifs is 1. The van der Waals surface area contributed by atoms with Gasteiger partial charge >= 0.3 is 0 Å². The maximum atomic E-state index is 12.2. The summed E-state index contributed by atoms with van der Waals surface area (Å²) < 4.78 is 5.23. The van der Waals surface area contributed by atoms with Crippen LogP contribution in [-0.4, -0.2) is 37.2 Å². The molecule has 5 heteroatoms. The maximum absolute atomic E-state index is 12.2. The summed E-state index contributed by atoms with van der Waals surface area (Å²) in [4.78, 5) is 24.8. The van der Waals surface area contributed by atoms with Gasteiger partial charge in [-0.15, -0.1) is 11.8 Å². The largest absolute Gasteiger partial charge is 0.382 e. The Kier molecular flexibility index (Phi) is 5.61. The Hall–Kier alpha value is -1.33. The lowest BCUT2D eigenvalue weighted by Crippen LogP contribution is -2.26. The van der Waals surface area contributed by atoms with Crippen LogP contribution in [0.15, 0.2) is 23.1 Å². The van der Waals surface area contributed by atoms with Crippen LogP contribution in [0.4, 0.5) is 0 Å². The van der Waals surface area contributed by atoms with Crippen LogP contribution in [0.3, 0.4) is 0 Å². The highest BCUT2D eigenvalue weighted by atomic mass is 32.2. The van der Waals surface area contributed by atoms with Gasteiger partial charge < -0.3 is 10.1 Å². The van der Waals surface area contributed by atoms with Crippen molar-refractivity contribution in [3.05, 3.63) is 29.3 Å². The highest BCUT2D eigenvalue weighted by Gasteiger charge is 2.22. The lowest BCUT2D eigenvalue weighted by Gasteiger charge is -2.17. The van der Waals surface area contributed by atoms with E-state index in [1.165, 1.54) is 0 Å².